The van der Waals surface area contributed by atoms with Crippen molar-refractivity contribution in [3.8, 4) is 11.3 Å². The molecular weight excluding hydrogens is 432 g/mol. The number of benzene rings is 2. The molecule has 8 heteroatoms. The van der Waals surface area contributed by atoms with Gasteiger partial charge in [-0.3, -0.25) is 19.8 Å². The number of anilines is 1. The van der Waals surface area contributed by atoms with Gasteiger partial charge in [0, 0.05) is 23.3 Å². The van der Waals surface area contributed by atoms with Crippen LogP contribution in [-0.2, 0) is 4.79 Å². The summed E-state index contributed by atoms with van der Waals surface area (Å²) < 4.78 is 6.34. The van der Waals surface area contributed by atoms with Crippen molar-refractivity contribution in [3.63, 3.8) is 0 Å². The first-order valence-corrected chi connectivity index (χ1v) is 10.7. The minimum absolute atomic E-state index is 0.0482. The van der Waals surface area contributed by atoms with Gasteiger partial charge in [0.15, 0.2) is 4.32 Å². The van der Waals surface area contributed by atoms with Crippen LogP contribution in [0.25, 0.3) is 17.4 Å². The summed E-state index contributed by atoms with van der Waals surface area (Å²) in [6, 6.07) is 14.4. The zero-order valence-electron chi connectivity index (χ0n) is 17.0. The standard InChI is InChI=1S/C23H18N2O4S2/c1-13-6-4-5-7-18(13)24-22(26)21(31-23(24)30)12-17-8-9-20(29-17)16-10-14(2)15(3)19(11-16)25(27)28/h4-12H,1-3H3/b21-12+. The van der Waals surface area contributed by atoms with Crippen LogP contribution >= 0.6 is 24.0 Å². The molecule has 1 aromatic heterocycles. The molecule has 2 aromatic carbocycles. The number of hydrogen-bond acceptors (Lipinski definition) is 6. The lowest BCUT2D eigenvalue weighted by molar-refractivity contribution is -0.385. The van der Waals surface area contributed by atoms with Crippen LogP contribution in [0.15, 0.2) is 57.9 Å². The van der Waals surface area contributed by atoms with Gasteiger partial charge >= 0.3 is 0 Å². The Kier molecular flexibility index (Phi) is 5.51. The van der Waals surface area contributed by atoms with Crippen LogP contribution in [0.3, 0.4) is 0 Å². The molecule has 0 unspecified atom stereocenters. The number of nitro benzene ring substituents is 1. The number of carbonyl (C=O) groups is 1. The van der Waals surface area contributed by atoms with Crippen molar-refractivity contribution in [1.29, 1.82) is 0 Å². The van der Waals surface area contributed by atoms with E-state index in [9.17, 15) is 14.9 Å². The van der Waals surface area contributed by atoms with Crippen LogP contribution in [0.2, 0.25) is 0 Å². The maximum Gasteiger partial charge on any atom is 0.273 e. The molecule has 0 N–H and O–H groups in total. The van der Waals surface area contributed by atoms with Gasteiger partial charge in [-0.2, -0.15) is 0 Å². The van der Waals surface area contributed by atoms with Crippen LogP contribution in [0.4, 0.5) is 11.4 Å². The summed E-state index contributed by atoms with van der Waals surface area (Å²) in [4.78, 5) is 25.9. The van der Waals surface area contributed by atoms with E-state index in [0.29, 0.717) is 31.9 Å². The quantitative estimate of drug-likeness (QED) is 0.204. The van der Waals surface area contributed by atoms with E-state index < -0.39 is 4.92 Å². The zero-order chi connectivity index (χ0) is 22.3. The molecule has 0 radical (unpaired) electrons. The van der Waals surface area contributed by atoms with Crippen LogP contribution < -0.4 is 4.90 Å². The summed E-state index contributed by atoms with van der Waals surface area (Å²) in [6.07, 6.45) is 1.65. The van der Waals surface area contributed by atoms with Gasteiger partial charge in [-0.1, -0.05) is 42.2 Å². The first kappa shape index (κ1) is 21.0. The maximum atomic E-state index is 13.0. The summed E-state index contributed by atoms with van der Waals surface area (Å²) in [5, 5.41) is 11.3. The van der Waals surface area contributed by atoms with Crippen LogP contribution in [0, 0.1) is 30.9 Å². The highest BCUT2D eigenvalue weighted by molar-refractivity contribution is 8.27. The van der Waals surface area contributed by atoms with Gasteiger partial charge in [-0.15, -0.1) is 0 Å². The highest BCUT2D eigenvalue weighted by Gasteiger charge is 2.34. The first-order valence-electron chi connectivity index (χ1n) is 9.45. The summed E-state index contributed by atoms with van der Waals surface area (Å²) >= 11 is 6.65. The normalized spacial score (nSPS) is 15.2. The maximum absolute atomic E-state index is 13.0. The van der Waals surface area contributed by atoms with E-state index in [1.807, 2.05) is 44.2 Å². The number of hydrogen-bond donors (Lipinski definition) is 0. The van der Waals surface area contributed by atoms with E-state index >= 15 is 0 Å². The monoisotopic (exact) mass is 450 g/mol. The highest BCUT2D eigenvalue weighted by atomic mass is 32.2. The van der Waals surface area contributed by atoms with Crippen LogP contribution in [0.5, 0.6) is 0 Å². The van der Waals surface area contributed by atoms with Gasteiger partial charge in [0.25, 0.3) is 11.6 Å². The molecule has 0 saturated carbocycles. The Hall–Kier alpha value is -3.23. The molecule has 1 amide bonds. The van der Waals surface area contributed by atoms with E-state index in [1.165, 1.54) is 22.7 Å². The van der Waals surface area contributed by atoms with Gasteiger partial charge in [0.1, 0.15) is 11.5 Å². The van der Waals surface area contributed by atoms with E-state index in [2.05, 4.69) is 0 Å². The summed E-state index contributed by atoms with van der Waals surface area (Å²) in [6.45, 7) is 5.48. The van der Waals surface area contributed by atoms with Crippen molar-refractivity contribution in [3.05, 3.63) is 86.0 Å². The molecule has 1 aliphatic heterocycles. The van der Waals surface area contributed by atoms with Gasteiger partial charge in [0.2, 0.25) is 0 Å². The van der Waals surface area contributed by atoms with Crippen molar-refractivity contribution in [2.45, 2.75) is 20.8 Å². The summed E-state index contributed by atoms with van der Waals surface area (Å²) in [5.41, 5.74) is 3.81. The predicted molar refractivity (Wildman–Crippen MR) is 127 cm³/mol. The Labute approximate surface area is 188 Å². The molecule has 0 atom stereocenters. The van der Waals surface area contributed by atoms with E-state index in [-0.39, 0.29) is 11.6 Å². The number of nitro groups is 1. The van der Waals surface area contributed by atoms with Crippen LogP contribution in [-0.4, -0.2) is 15.2 Å². The molecule has 0 spiro atoms. The lowest BCUT2D eigenvalue weighted by Crippen LogP contribution is -2.28. The number of thioether (sulfide) groups is 1. The van der Waals surface area contributed by atoms with Crippen molar-refractivity contribution < 1.29 is 14.1 Å². The fraction of sp³-hybridized carbons (Fsp3) is 0.130. The fourth-order valence-corrected chi connectivity index (χ4v) is 4.64. The summed E-state index contributed by atoms with van der Waals surface area (Å²) in [7, 11) is 0. The molecule has 1 saturated heterocycles. The van der Waals surface area contributed by atoms with Crippen molar-refractivity contribution >= 4 is 51.7 Å². The molecule has 0 aliphatic carbocycles. The van der Waals surface area contributed by atoms with E-state index in [1.54, 1.807) is 25.1 Å². The van der Waals surface area contributed by atoms with Gasteiger partial charge in [-0.05, 0) is 56.2 Å². The van der Waals surface area contributed by atoms with Crippen LogP contribution in [0.1, 0.15) is 22.5 Å². The Morgan fingerprint density at radius 3 is 2.55 bits per heavy atom. The molecule has 4 rings (SSSR count). The Morgan fingerprint density at radius 1 is 1.10 bits per heavy atom. The van der Waals surface area contributed by atoms with Gasteiger partial charge < -0.3 is 4.42 Å². The number of nitrogens with zero attached hydrogens (tertiary/aromatic N) is 2. The molecule has 1 fully saturated rings. The fourth-order valence-electron chi connectivity index (χ4n) is 3.38. The smallest absolute Gasteiger partial charge is 0.273 e. The molecule has 31 heavy (non-hydrogen) atoms. The molecule has 3 aromatic rings. The number of amides is 1. The second kappa shape index (κ2) is 8.13. The second-order valence-electron chi connectivity index (χ2n) is 7.20. The lowest BCUT2D eigenvalue weighted by atomic mass is 10.0. The number of furan rings is 1. The highest BCUT2D eigenvalue weighted by Crippen LogP contribution is 2.38. The van der Waals surface area contributed by atoms with Crippen molar-refractivity contribution in [2.75, 3.05) is 4.90 Å². The van der Waals surface area contributed by atoms with Crippen molar-refractivity contribution in [2.24, 2.45) is 0 Å². The summed E-state index contributed by atoms with van der Waals surface area (Å²) in [5.74, 6) is 0.761. The van der Waals surface area contributed by atoms with Gasteiger partial charge in [0.05, 0.1) is 15.5 Å². The largest absolute Gasteiger partial charge is 0.457 e. The third-order valence-corrected chi connectivity index (χ3v) is 6.47. The average Bonchev–Trinajstić information content (AvgIpc) is 3.29. The third-order valence-electron chi connectivity index (χ3n) is 5.17. The lowest BCUT2D eigenvalue weighted by Gasteiger charge is -2.16. The number of rotatable bonds is 4. The predicted octanol–water partition coefficient (Wildman–Crippen LogP) is 6.19. The zero-order valence-corrected chi connectivity index (χ0v) is 18.7. The third kappa shape index (κ3) is 3.92. The number of carbonyl (C=O) groups excluding carboxylic acids is 1. The number of thiocarbonyl (C=S) groups is 1. The average molecular weight is 451 g/mol. The molecule has 156 valence electrons. The number of aryl methyl sites for hydroxylation is 2. The minimum atomic E-state index is -0.396. The molecule has 6 nitrogen and oxygen atoms in total. The SMILES string of the molecule is Cc1ccccc1N1C(=O)/C(=C\c2ccc(-c3cc(C)c(C)c([N+](=O)[O-])c3)o2)SC1=S. The van der Waals surface area contributed by atoms with Crippen molar-refractivity contribution in [1.82, 2.24) is 0 Å². The molecule has 1 aliphatic rings. The second-order valence-corrected chi connectivity index (χ2v) is 8.88. The minimum Gasteiger partial charge on any atom is -0.457 e. The Bertz CT molecular complexity index is 1280. The van der Waals surface area contributed by atoms with E-state index in [0.717, 1.165) is 16.8 Å². The van der Waals surface area contributed by atoms with E-state index in [4.69, 9.17) is 16.6 Å². The molecule has 0 bridgehead atoms. The van der Waals surface area contributed by atoms with Gasteiger partial charge in [-0.25, -0.2) is 0 Å². The Morgan fingerprint density at radius 2 is 1.84 bits per heavy atom. The number of para-hydroxylation sites is 1. The first-order chi connectivity index (χ1) is 14.8. The molecule has 2 heterocycles. The molecular formula is C23H18N2O4S2. The topological polar surface area (TPSA) is 76.6 Å². The Balaban J connectivity index is 1.65.